The highest BCUT2D eigenvalue weighted by atomic mass is 32.1. The van der Waals surface area contributed by atoms with Crippen LogP contribution in [-0.2, 0) is 0 Å². The van der Waals surface area contributed by atoms with Crippen LogP contribution >= 0.6 is 22.7 Å². The number of amidine groups is 2. The lowest BCUT2D eigenvalue weighted by Crippen LogP contribution is -2.22. The van der Waals surface area contributed by atoms with Crippen molar-refractivity contribution in [3.8, 4) is 0 Å². The first-order valence-corrected chi connectivity index (χ1v) is 11.5. The van der Waals surface area contributed by atoms with E-state index in [1.165, 1.54) is 9.75 Å². The average molecular weight is 424 g/mol. The Balaban J connectivity index is 1.73. The van der Waals surface area contributed by atoms with E-state index < -0.39 is 0 Å². The Bertz CT molecular complexity index is 1030. The van der Waals surface area contributed by atoms with Crippen molar-refractivity contribution in [2.75, 3.05) is 0 Å². The van der Waals surface area contributed by atoms with Crippen LogP contribution in [0, 0.1) is 13.8 Å². The predicted molar refractivity (Wildman–Crippen MR) is 124 cm³/mol. The Kier molecular flexibility index (Phi) is 5.36. The zero-order valence-corrected chi connectivity index (χ0v) is 19.2. The third-order valence-electron chi connectivity index (χ3n) is 4.78. The number of aromatic nitrogens is 2. The third kappa shape index (κ3) is 3.89. The molecule has 0 unspecified atom stereocenters. The van der Waals surface area contributed by atoms with Crippen LogP contribution in [-0.4, -0.2) is 21.6 Å². The van der Waals surface area contributed by atoms with Crippen molar-refractivity contribution < 1.29 is 0 Å². The van der Waals surface area contributed by atoms with E-state index in [0.29, 0.717) is 11.8 Å². The van der Waals surface area contributed by atoms with Crippen LogP contribution in [0.15, 0.2) is 34.3 Å². The molecule has 0 saturated heterocycles. The van der Waals surface area contributed by atoms with E-state index in [4.69, 9.17) is 9.98 Å². The molecule has 0 aliphatic carbocycles. The molecule has 2 aromatic heterocycles. The first-order valence-electron chi connectivity index (χ1n) is 9.82. The summed E-state index contributed by atoms with van der Waals surface area (Å²) in [6.45, 7) is 12.9. The monoisotopic (exact) mass is 423 g/mol. The van der Waals surface area contributed by atoms with Crippen molar-refractivity contribution in [2.24, 2.45) is 9.98 Å². The number of thiazole rings is 2. The molecule has 0 bridgehead atoms. The molecule has 7 heteroatoms. The molecule has 0 amide bonds. The standard InChI is InChI=1S/C22H25N5S2/c1-11(2)17-13(5)23-21(28-17)26-19-15-9-7-8-10-16(15)20(25-19)27-22-24-14(6)18(29-22)12(3)4/h7-12H,1-6H3,(H,23,24,25,26,27). The Hall–Kier alpha value is -2.38. The van der Waals surface area contributed by atoms with Crippen LogP contribution in [0.2, 0.25) is 0 Å². The molecule has 29 heavy (non-hydrogen) atoms. The van der Waals surface area contributed by atoms with E-state index in [9.17, 15) is 0 Å². The fourth-order valence-corrected chi connectivity index (χ4v) is 5.36. The van der Waals surface area contributed by atoms with Crippen LogP contribution < -0.4 is 5.32 Å². The lowest BCUT2D eigenvalue weighted by atomic mass is 10.1. The van der Waals surface area contributed by atoms with Gasteiger partial charge in [0.15, 0.2) is 0 Å². The third-order valence-corrected chi connectivity index (χ3v) is 7.48. The molecule has 0 radical (unpaired) electrons. The van der Waals surface area contributed by atoms with Gasteiger partial charge in [-0.2, -0.15) is 0 Å². The Morgan fingerprint density at radius 3 is 1.52 bits per heavy atom. The summed E-state index contributed by atoms with van der Waals surface area (Å²) in [7, 11) is 0. The van der Waals surface area contributed by atoms with Crippen LogP contribution in [0.1, 0.15) is 71.8 Å². The van der Waals surface area contributed by atoms with Gasteiger partial charge in [-0.25, -0.2) is 20.0 Å². The highest BCUT2D eigenvalue weighted by molar-refractivity contribution is 7.15. The largest absolute Gasteiger partial charge is 0.324 e. The van der Waals surface area contributed by atoms with Gasteiger partial charge in [-0.1, -0.05) is 74.6 Å². The summed E-state index contributed by atoms with van der Waals surface area (Å²) in [5.74, 6) is 2.48. The second-order valence-corrected chi connectivity index (χ2v) is 9.81. The van der Waals surface area contributed by atoms with Gasteiger partial charge in [-0.05, 0) is 25.7 Å². The second kappa shape index (κ2) is 7.80. The molecule has 1 aliphatic heterocycles. The van der Waals surface area contributed by atoms with E-state index in [-0.39, 0.29) is 0 Å². The zero-order valence-electron chi connectivity index (χ0n) is 17.6. The predicted octanol–water partition coefficient (Wildman–Crippen LogP) is 6.22. The quantitative estimate of drug-likeness (QED) is 0.541. The zero-order chi connectivity index (χ0) is 20.7. The molecule has 0 atom stereocenters. The summed E-state index contributed by atoms with van der Waals surface area (Å²) in [6, 6.07) is 8.19. The highest BCUT2D eigenvalue weighted by Crippen LogP contribution is 2.33. The van der Waals surface area contributed by atoms with Gasteiger partial charge in [0.1, 0.15) is 11.7 Å². The minimum absolute atomic E-state index is 0.450. The number of aliphatic imine (C=N–C) groups is 2. The van der Waals surface area contributed by atoms with Crippen LogP contribution in [0.5, 0.6) is 0 Å². The lowest BCUT2D eigenvalue weighted by Gasteiger charge is -1.99. The Morgan fingerprint density at radius 2 is 1.17 bits per heavy atom. The maximum atomic E-state index is 4.82. The molecule has 0 fully saturated rings. The molecule has 0 spiro atoms. The average Bonchev–Trinajstić information content (AvgIpc) is 3.32. The van der Waals surface area contributed by atoms with Crippen molar-refractivity contribution in [3.63, 3.8) is 0 Å². The molecular weight excluding hydrogens is 398 g/mol. The van der Waals surface area contributed by atoms with Crippen molar-refractivity contribution in [2.45, 2.75) is 53.4 Å². The lowest BCUT2D eigenvalue weighted by molar-refractivity contribution is 0.873. The molecule has 3 aromatic rings. The number of nitrogens with one attached hydrogen (secondary N) is 1. The van der Waals surface area contributed by atoms with Gasteiger partial charge in [0.2, 0.25) is 10.3 Å². The number of nitrogens with zero attached hydrogens (tertiary/aromatic N) is 4. The van der Waals surface area contributed by atoms with Gasteiger partial charge in [0.25, 0.3) is 0 Å². The van der Waals surface area contributed by atoms with E-state index in [1.807, 2.05) is 12.1 Å². The van der Waals surface area contributed by atoms with E-state index in [2.05, 4.69) is 69.0 Å². The summed E-state index contributed by atoms with van der Waals surface area (Å²) < 4.78 is 0. The summed E-state index contributed by atoms with van der Waals surface area (Å²) in [4.78, 5) is 21.5. The van der Waals surface area contributed by atoms with Gasteiger partial charge >= 0.3 is 0 Å². The molecule has 1 N–H and O–H groups in total. The fourth-order valence-electron chi connectivity index (χ4n) is 3.46. The summed E-state index contributed by atoms with van der Waals surface area (Å²) >= 11 is 3.31. The molecule has 0 saturated carbocycles. The molecule has 1 aromatic carbocycles. The van der Waals surface area contributed by atoms with Gasteiger partial charge in [-0.15, -0.1) is 0 Å². The van der Waals surface area contributed by atoms with Gasteiger partial charge < -0.3 is 5.32 Å². The minimum atomic E-state index is 0.450. The van der Waals surface area contributed by atoms with E-state index in [0.717, 1.165) is 44.4 Å². The summed E-state index contributed by atoms with van der Waals surface area (Å²) in [5, 5.41) is 4.95. The number of benzene rings is 1. The molecule has 5 nitrogen and oxygen atoms in total. The van der Waals surface area contributed by atoms with Crippen molar-refractivity contribution in [3.05, 3.63) is 56.5 Å². The summed E-state index contributed by atoms with van der Waals surface area (Å²) in [5.41, 5.74) is 4.21. The second-order valence-electron chi connectivity index (χ2n) is 7.79. The SMILES string of the molecule is Cc1nc(/N=C2\N/C(=N/c3nc(C)c(C(C)C)s3)c3ccccc32)sc1C(C)C. The maximum absolute atomic E-state index is 4.82. The molecule has 4 rings (SSSR count). The first-order chi connectivity index (χ1) is 13.8. The van der Waals surface area contributed by atoms with Crippen LogP contribution in [0.4, 0.5) is 10.3 Å². The maximum Gasteiger partial charge on any atom is 0.211 e. The highest BCUT2D eigenvalue weighted by Gasteiger charge is 2.24. The summed E-state index contributed by atoms with van der Waals surface area (Å²) in [6.07, 6.45) is 0. The number of aryl methyl sites for hydroxylation is 2. The minimum Gasteiger partial charge on any atom is -0.324 e. The molecule has 3 heterocycles. The van der Waals surface area contributed by atoms with Crippen molar-refractivity contribution in [1.29, 1.82) is 0 Å². The fraction of sp³-hybridized carbons (Fsp3) is 0.364. The Morgan fingerprint density at radius 1 is 0.759 bits per heavy atom. The first kappa shape index (κ1) is 19.9. The molecule has 1 aliphatic rings. The van der Waals surface area contributed by atoms with Gasteiger partial charge in [0, 0.05) is 20.9 Å². The number of fused-ring (bicyclic) bond motifs is 1. The number of rotatable bonds is 4. The number of hydrogen-bond acceptors (Lipinski definition) is 6. The van der Waals surface area contributed by atoms with Gasteiger partial charge in [-0.3, -0.25) is 0 Å². The topological polar surface area (TPSA) is 62.5 Å². The van der Waals surface area contributed by atoms with Crippen LogP contribution in [0.25, 0.3) is 0 Å². The van der Waals surface area contributed by atoms with E-state index >= 15 is 0 Å². The smallest absolute Gasteiger partial charge is 0.211 e. The van der Waals surface area contributed by atoms with E-state index in [1.54, 1.807) is 22.7 Å². The Labute approximate surface area is 179 Å². The van der Waals surface area contributed by atoms with Crippen molar-refractivity contribution in [1.82, 2.24) is 15.3 Å². The normalized spacial score (nSPS) is 16.3. The van der Waals surface area contributed by atoms with Gasteiger partial charge in [0.05, 0.1) is 11.4 Å². The van der Waals surface area contributed by atoms with Crippen LogP contribution in [0.3, 0.4) is 0 Å². The number of hydrogen-bond donors (Lipinski definition) is 1. The molecule has 150 valence electrons. The van der Waals surface area contributed by atoms with Crippen molar-refractivity contribution >= 4 is 44.6 Å². The molecular formula is C22H25N5S2.